The number of thioether (sulfide) groups is 1. The Kier molecular flexibility index (Phi) is 4.50. The molecule has 0 bridgehead atoms. The maximum atomic E-state index is 6.10. The standard InChI is InChI=1S/C11H16ClN3OS/c1-7-10(4-5-16-7)17-6-9-8(12)2-3-11(14-9)15-13/h2-3,7,10H,4-6,13H2,1H3,(H,14,15). The second-order valence-corrected chi connectivity index (χ2v) is 5.62. The number of rotatable bonds is 4. The van der Waals surface area contributed by atoms with Gasteiger partial charge in [0, 0.05) is 17.6 Å². The van der Waals surface area contributed by atoms with Gasteiger partial charge in [-0.1, -0.05) is 11.6 Å². The van der Waals surface area contributed by atoms with Crippen molar-refractivity contribution < 1.29 is 4.74 Å². The molecule has 0 radical (unpaired) electrons. The van der Waals surface area contributed by atoms with E-state index < -0.39 is 0 Å². The number of nitrogen functional groups attached to an aromatic ring is 1. The summed E-state index contributed by atoms with van der Waals surface area (Å²) in [5, 5.41) is 1.21. The first-order valence-corrected chi connectivity index (χ1v) is 6.98. The van der Waals surface area contributed by atoms with E-state index in [0.29, 0.717) is 22.2 Å². The van der Waals surface area contributed by atoms with Gasteiger partial charge in [-0.05, 0) is 25.5 Å². The Hall–Kier alpha value is -0.490. The number of nitrogens with one attached hydrogen (secondary N) is 1. The van der Waals surface area contributed by atoms with E-state index in [1.165, 1.54) is 0 Å². The molecule has 2 heterocycles. The molecular formula is C11H16ClN3OS. The lowest BCUT2D eigenvalue weighted by molar-refractivity contribution is 0.127. The number of halogens is 1. The van der Waals surface area contributed by atoms with Crippen molar-refractivity contribution in [3.05, 3.63) is 22.8 Å². The van der Waals surface area contributed by atoms with Crippen molar-refractivity contribution in [2.75, 3.05) is 12.0 Å². The molecule has 0 aromatic carbocycles. The summed E-state index contributed by atoms with van der Waals surface area (Å²) in [6, 6.07) is 3.58. The summed E-state index contributed by atoms with van der Waals surface area (Å²) in [7, 11) is 0. The van der Waals surface area contributed by atoms with Crippen LogP contribution in [0.4, 0.5) is 5.82 Å². The number of anilines is 1. The third-order valence-electron chi connectivity index (χ3n) is 2.81. The predicted octanol–water partition coefficient (Wildman–Crippen LogP) is 2.43. The molecule has 2 atom stereocenters. The fourth-order valence-corrected chi connectivity index (χ4v) is 3.24. The van der Waals surface area contributed by atoms with Crippen molar-refractivity contribution >= 4 is 29.2 Å². The van der Waals surface area contributed by atoms with E-state index in [1.54, 1.807) is 6.07 Å². The van der Waals surface area contributed by atoms with Gasteiger partial charge in [-0.25, -0.2) is 10.8 Å². The zero-order chi connectivity index (χ0) is 12.3. The lowest BCUT2D eigenvalue weighted by Crippen LogP contribution is -2.14. The van der Waals surface area contributed by atoms with Gasteiger partial charge in [0.05, 0.1) is 16.8 Å². The third kappa shape index (κ3) is 3.25. The normalized spacial score (nSPS) is 23.9. The highest BCUT2D eigenvalue weighted by molar-refractivity contribution is 7.99. The average molecular weight is 274 g/mol. The lowest BCUT2D eigenvalue weighted by Gasteiger charge is -2.13. The zero-order valence-electron chi connectivity index (χ0n) is 9.65. The zero-order valence-corrected chi connectivity index (χ0v) is 11.2. The Balaban J connectivity index is 1.98. The van der Waals surface area contributed by atoms with Gasteiger partial charge in [0.2, 0.25) is 0 Å². The van der Waals surface area contributed by atoms with Crippen molar-refractivity contribution in [1.82, 2.24) is 4.98 Å². The molecule has 0 saturated carbocycles. The first-order chi connectivity index (χ1) is 8.20. The van der Waals surface area contributed by atoms with Gasteiger partial charge < -0.3 is 10.2 Å². The molecule has 1 aromatic heterocycles. The van der Waals surface area contributed by atoms with Crippen LogP contribution in [0.2, 0.25) is 5.02 Å². The van der Waals surface area contributed by atoms with Gasteiger partial charge in [-0.15, -0.1) is 11.8 Å². The van der Waals surface area contributed by atoms with Crippen LogP contribution in [0.5, 0.6) is 0 Å². The Bertz CT molecular complexity index is 391. The summed E-state index contributed by atoms with van der Waals surface area (Å²) >= 11 is 7.94. The maximum Gasteiger partial charge on any atom is 0.140 e. The molecular weight excluding hydrogens is 258 g/mol. The van der Waals surface area contributed by atoms with Crippen molar-refractivity contribution in [2.24, 2.45) is 5.84 Å². The fourth-order valence-electron chi connectivity index (χ4n) is 1.78. The highest BCUT2D eigenvalue weighted by Crippen LogP contribution is 2.30. The Labute approximate surface area is 110 Å². The first-order valence-electron chi connectivity index (χ1n) is 5.56. The molecule has 4 nitrogen and oxygen atoms in total. The summed E-state index contributed by atoms with van der Waals surface area (Å²) < 4.78 is 5.52. The molecule has 0 amide bonds. The van der Waals surface area contributed by atoms with Gasteiger partial charge in [-0.2, -0.15) is 0 Å². The largest absolute Gasteiger partial charge is 0.377 e. The highest BCUT2D eigenvalue weighted by Gasteiger charge is 2.24. The SMILES string of the molecule is CC1OCCC1SCc1nc(NN)ccc1Cl. The van der Waals surface area contributed by atoms with Crippen molar-refractivity contribution in [3.63, 3.8) is 0 Å². The molecule has 2 unspecified atom stereocenters. The summed E-state index contributed by atoms with van der Waals surface area (Å²) in [6.07, 6.45) is 1.41. The number of hydrazine groups is 1. The van der Waals surface area contributed by atoms with E-state index in [9.17, 15) is 0 Å². The first kappa shape index (κ1) is 13.0. The highest BCUT2D eigenvalue weighted by atomic mass is 35.5. The molecule has 3 N–H and O–H groups in total. The van der Waals surface area contributed by atoms with E-state index in [2.05, 4.69) is 17.3 Å². The number of aromatic nitrogens is 1. The molecule has 0 aliphatic carbocycles. The summed E-state index contributed by atoms with van der Waals surface area (Å²) in [6.45, 7) is 2.96. The molecule has 1 saturated heterocycles. The Morgan fingerprint density at radius 2 is 2.47 bits per heavy atom. The number of nitrogens with two attached hydrogens (primary N) is 1. The van der Waals surface area contributed by atoms with Gasteiger partial charge in [0.15, 0.2) is 0 Å². The van der Waals surface area contributed by atoms with Crippen LogP contribution < -0.4 is 11.3 Å². The molecule has 6 heteroatoms. The predicted molar refractivity (Wildman–Crippen MR) is 72.2 cm³/mol. The number of hydrogen-bond donors (Lipinski definition) is 2. The Morgan fingerprint density at radius 3 is 3.12 bits per heavy atom. The smallest absolute Gasteiger partial charge is 0.140 e. The minimum atomic E-state index is 0.314. The third-order valence-corrected chi connectivity index (χ3v) is 4.64. The van der Waals surface area contributed by atoms with Crippen LogP contribution in [-0.4, -0.2) is 22.9 Å². The van der Waals surface area contributed by atoms with Gasteiger partial charge in [-0.3, -0.25) is 0 Å². The monoisotopic (exact) mass is 273 g/mol. The fraction of sp³-hybridized carbons (Fsp3) is 0.545. The quantitative estimate of drug-likeness (QED) is 0.652. The average Bonchev–Trinajstić information content (AvgIpc) is 2.74. The van der Waals surface area contributed by atoms with Gasteiger partial charge in [0.25, 0.3) is 0 Å². The minimum Gasteiger partial charge on any atom is -0.377 e. The van der Waals surface area contributed by atoms with E-state index in [1.807, 2.05) is 17.8 Å². The topological polar surface area (TPSA) is 60.2 Å². The summed E-state index contributed by atoms with van der Waals surface area (Å²) in [5.74, 6) is 6.75. The van der Waals surface area contributed by atoms with Crippen molar-refractivity contribution in [2.45, 2.75) is 30.5 Å². The molecule has 1 fully saturated rings. The second-order valence-electron chi connectivity index (χ2n) is 3.98. The van der Waals surface area contributed by atoms with Crippen LogP contribution >= 0.6 is 23.4 Å². The molecule has 94 valence electrons. The van der Waals surface area contributed by atoms with E-state index in [0.717, 1.165) is 24.5 Å². The van der Waals surface area contributed by atoms with Crippen molar-refractivity contribution in [3.8, 4) is 0 Å². The van der Waals surface area contributed by atoms with E-state index in [4.69, 9.17) is 22.2 Å². The lowest BCUT2D eigenvalue weighted by atomic mass is 10.3. The van der Waals surface area contributed by atoms with Crippen LogP contribution in [0, 0.1) is 0 Å². The molecule has 1 aromatic rings. The van der Waals surface area contributed by atoms with E-state index in [-0.39, 0.29) is 0 Å². The second kappa shape index (κ2) is 5.91. The molecule has 1 aliphatic rings. The van der Waals surface area contributed by atoms with E-state index >= 15 is 0 Å². The Morgan fingerprint density at radius 1 is 1.65 bits per heavy atom. The van der Waals surface area contributed by atoms with Crippen LogP contribution in [-0.2, 0) is 10.5 Å². The molecule has 1 aliphatic heterocycles. The number of pyridine rings is 1. The number of ether oxygens (including phenoxy) is 1. The van der Waals surface area contributed by atoms with Gasteiger partial charge in [0.1, 0.15) is 5.82 Å². The maximum absolute atomic E-state index is 6.10. The van der Waals surface area contributed by atoms with Gasteiger partial charge >= 0.3 is 0 Å². The van der Waals surface area contributed by atoms with Crippen LogP contribution in [0.15, 0.2) is 12.1 Å². The number of nitrogens with zero attached hydrogens (tertiary/aromatic N) is 1. The molecule has 17 heavy (non-hydrogen) atoms. The number of hydrogen-bond acceptors (Lipinski definition) is 5. The van der Waals surface area contributed by atoms with Crippen molar-refractivity contribution in [1.29, 1.82) is 0 Å². The van der Waals surface area contributed by atoms with Crippen LogP contribution in [0.25, 0.3) is 0 Å². The summed E-state index contributed by atoms with van der Waals surface area (Å²) in [4.78, 5) is 4.35. The molecule has 2 rings (SSSR count). The minimum absolute atomic E-state index is 0.314. The van der Waals surface area contributed by atoms with Crippen LogP contribution in [0.3, 0.4) is 0 Å². The van der Waals surface area contributed by atoms with Crippen LogP contribution in [0.1, 0.15) is 19.0 Å². The summed E-state index contributed by atoms with van der Waals surface area (Å²) in [5.41, 5.74) is 3.39. The molecule has 0 spiro atoms.